The summed E-state index contributed by atoms with van der Waals surface area (Å²) in [6.07, 6.45) is 0. The summed E-state index contributed by atoms with van der Waals surface area (Å²) >= 11 is 0. The van der Waals surface area contributed by atoms with E-state index in [2.05, 4.69) is 0 Å². The standard InChI is InChI=1S/C24H18O6S/c25-17-4-1-15(2-5-17)16-3-11-23(28)21(13-16)22-14-19(27)8-12-24(22)31(29,30)20-9-6-18(26)7-10-20/h1-14,25-28H. The molecule has 0 fully saturated rings. The quantitative estimate of drug-likeness (QED) is 0.371. The van der Waals surface area contributed by atoms with E-state index in [0.717, 1.165) is 5.56 Å². The lowest BCUT2D eigenvalue weighted by Gasteiger charge is -2.14. The minimum atomic E-state index is -4.02. The number of rotatable bonds is 4. The Kier molecular flexibility index (Phi) is 5.04. The van der Waals surface area contributed by atoms with Crippen molar-refractivity contribution in [3.8, 4) is 45.3 Å². The molecule has 4 N–H and O–H groups in total. The van der Waals surface area contributed by atoms with Gasteiger partial charge in [-0.15, -0.1) is 0 Å². The molecule has 0 aliphatic carbocycles. The van der Waals surface area contributed by atoms with Crippen LogP contribution in [0.3, 0.4) is 0 Å². The van der Waals surface area contributed by atoms with E-state index in [1.807, 2.05) is 0 Å². The first kappa shape index (κ1) is 20.3. The van der Waals surface area contributed by atoms with Gasteiger partial charge in [0.2, 0.25) is 9.84 Å². The highest BCUT2D eigenvalue weighted by Crippen LogP contribution is 2.40. The molecule has 0 atom stereocenters. The van der Waals surface area contributed by atoms with E-state index in [-0.39, 0.29) is 43.9 Å². The number of hydrogen-bond donors (Lipinski definition) is 4. The van der Waals surface area contributed by atoms with Gasteiger partial charge in [-0.1, -0.05) is 18.2 Å². The number of benzene rings is 4. The zero-order chi connectivity index (χ0) is 22.2. The van der Waals surface area contributed by atoms with Crippen LogP contribution in [0.5, 0.6) is 23.0 Å². The summed E-state index contributed by atoms with van der Waals surface area (Å²) in [6.45, 7) is 0. The number of hydrogen-bond acceptors (Lipinski definition) is 6. The average molecular weight is 434 g/mol. The zero-order valence-corrected chi connectivity index (χ0v) is 16.9. The van der Waals surface area contributed by atoms with Crippen LogP contribution >= 0.6 is 0 Å². The van der Waals surface area contributed by atoms with Gasteiger partial charge < -0.3 is 20.4 Å². The summed E-state index contributed by atoms with van der Waals surface area (Å²) < 4.78 is 26.6. The molecular weight excluding hydrogens is 416 g/mol. The Morgan fingerprint density at radius 2 is 1.06 bits per heavy atom. The second kappa shape index (κ2) is 7.70. The van der Waals surface area contributed by atoms with Gasteiger partial charge in [0, 0.05) is 11.1 Å². The van der Waals surface area contributed by atoms with Crippen molar-refractivity contribution < 1.29 is 28.8 Å². The van der Waals surface area contributed by atoms with E-state index in [0.29, 0.717) is 5.56 Å². The number of phenols is 4. The minimum absolute atomic E-state index is 0.0357. The Hall–Kier alpha value is -3.97. The molecule has 0 aliphatic rings. The molecule has 0 saturated heterocycles. The normalized spacial score (nSPS) is 11.4. The van der Waals surface area contributed by atoms with Crippen molar-refractivity contribution in [1.82, 2.24) is 0 Å². The summed E-state index contributed by atoms with van der Waals surface area (Å²) in [5, 5.41) is 39.5. The molecule has 0 aliphatic heterocycles. The Labute approximate surface area is 178 Å². The van der Waals surface area contributed by atoms with Crippen LogP contribution in [-0.2, 0) is 9.84 Å². The average Bonchev–Trinajstić information content (AvgIpc) is 2.75. The Balaban J connectivity index is 1.91. The van der Waals surface area contributed by atoms with E-state index in [1.165, 1.54) is 60.7 Å². The minimum Gasteiger partial charge on any atom is -0.508 e. The fourth-order valence-corrected chi connectivity index (χ4v) is 4.75. The number of phenolic OH excluding ortho intramolecular Hbond substituents is 4. The second-order valence-electron chi connectivity index (χ2n) is 6.96. The van der Waals surface area contributed by atoms with Gasteiger partial charge in [-0.25, -0.2) is 8.42 Å². The first-order chi connectivity index (χ1) is 14.8. The van der Waals surface area contributed by atoms with Gasteiger partial charge in [-0.2, -0.15) is 0 Å². The van der Waals surface area contributed by atoms with Crippen LogP contribution < -0.4 is 0 Å². The molecule has 6 nitrogen and oxygen atoms in total. The zero-order valence-electron chi connectivity index (χ0n) is 16.1. The third-order valence-corrected chi connectivity index (χ3v) is 6.71. The maximum Gasteiger partial charge on any atom is 0.207 e. The first-order valence-electron chi connectivity index (χ1n) is 9.25. The summed E-state index contributed by atoms with van der Waals surface area (Å²) in [7, 11) is -4.02. The maximum absolute atomic E-state index is 13.3. The fourth-order valence-electron chi connectivity index (χ4n) is 3.30. The molecule has 7 heteroatoms. The van der Waals surface area contributed by atoms with Crippen molar-refractivity contribution in [2.45, 2.75) is 9.79 Å². The van der Waals surface area contributed by atoms with Crippen molar-refractivity contribution in [3.05, 3.63) is 84.9 Å². The van der Waals surface area contributed by atoms with E-state index in [9.17, 15) is 28.8 Å². The molecule has 156 valence electrons. The van der Waals surface area contributed by atoms with Crippen molar-refractivity contribution >= 4 is 9.84 Å². The van der Waals surface area contributed by atoms with Crippen LogP contribution in [0.15, 0.2) is 94.7 Å². The Morgan fingerprint density at radius 1 is 0.516 bits per heavy atom. The van der Waals surface area contributed by atoms with Gasteiger partial charge >= 0.3 is 0 Å². The van der Waals surface area contributed by atoms with Gasteiger partial charge in [-0.3, -0.25) is 0 Å². The molecule has 0 bridgehead atoms. The molecule has 0 radical (unpaired) electrons. The van der Waals surface area contributed by atoms with Crippen LogP contribution in [0.4, 0.5) is 0 Å². The molecule has 0 unspecified atom stereocenters. The summed E-state index contributed by atoms with van der Waals surface area (Å²) in [5.41, 5.74) is 1.79. The predicted molar refractivity (Wildman–Crippen MR) is 116 cm³/mol. The van der Waals surface area contributed by atoms with Gasteiger partial charge in [0.15, 0.2) is 0 Å². The third kappa shape index (κ3) is 3.91. The molecule has 0 aromatic heterocycles. The van der Waals surface area contributed by atoms with Crippen LogP contribution in [0.1, 0.15) is 0 Å². The monoisotopic (exact) mass is 434 g/mol. The van der Waals surface area contributed by atoms with Gasteiger partial charge in [-0.05, 0) is 77.9 Å². The van der Waals surface area contributed by atoms with Crippen LogP contribution in [0.25, 0.3) is 22.3 Å². The smallest absolute Gasteiger partial charge is 0.207 e. The van der Waals surface area contributed by atoms with Crippen molar-refractivity contribution in [1.29, 1.82) is 0 Å². The van der Waals surface area contributed by atoms with Crippen LogP contribution in [0.2, 0.25) is 0 Å². The Morgan fingerprint density at radius 3 is 1.71 bits per heavy atom. The topological polar surface area (TPSA) is 115 Å². The lowest BCUT2D eigenvalue weighted by molar-refractivity contribution is 0.473. The molecule has 4 aromatic carbocycles. The number of sulfone groups is 1. The number of aromatic hydroxyl groups is 4. The lowest BCUT2D eigenvalue weighted by Crippen LogP contribution is -2.04. The highest BCUT2D eigenvalue weighted by atomic mass is 32.2. The van der Waals surface area contributed by atoms with Crippen molar-refractivity contribution in [3.63, 3.8) is 0 Å². The molecule has 4 aromatic rings. The van der Waals surface area contributed by atoms with E-state index in [4.69, 9.17) is 0 Å². The second-order valence-corrected chi connectivity index (χ2v) is 8.87. The Bertz CT molecular complexity index is 1360. The van der Waals surface area contributed by atoms with E-state index >= 15 is 0 Å². The third-order valence-electron chi connectivity index (χ3n) is 4.89. The van der Waals surface area contributed by atoms with Crippen molar-refractivity contribution in [2.24, 2.45) is 0 Å². The van der Waals surface area contributed by atoms with Gasteiger partial charge in [0.25, 0.3) is 0 Å². The lowest BCUT2D eigenvalue weighted by atomic mass is 9.98. The maximum atomic E-state index is 13.3. The largest absolute Gasteiger partial charge is 0.508 e. The fraction of sp³-hybridized carbons (Fsp3) is 0. The molecule has 4 rings (SSSR count). The highest BCUT2D eigenvalue weighted by Gasteiger charge is 2.24. The highest BCUT2D eigenvalue weighted by molar-refractivity contribution is 7.91. The van der Waals surface area contributed by atoms with Crippen molar-refractivity contribution in [2.75, 3.05) is 0 Å². The van der Waals surface area contributed by atoms with E-state index in [1.54, 1.807) is 24.3 Å². The SMILES string of the molecule is O=S(=O)(c1ccc(O)cc1)c1ccc(O)cc1-c1cc(-c2ccc(O)cc2)ccc1O. The van der Waals surface area contributed by atoms with Gasteiger partial charge in [0.1, 0.15) is 23.0 Å². The molecular formula is C24H18O6S. The summed E-state index contributed by atoms with van der Waals surface area (Å²) in [6, 6.07) is 20.1. The molecule has 0 spiro atoms. The summed E-state index contributed by atoms with van der Waals surface area (Å²) in [5.74, 6) is -0.272. The molecule has 31 heavy (non-hydrogen) atoms. The molecule has 0 heterocycles. The summed E-state index contributed by atoms with van der Waals surface area (Å²) in [4.78, 5) is -0.138. The first-order valence-corrected chi connectivity index (χ1v) is 10.7. The molecule has 0 amide bonds. The van der Waals surface area contributed by atoms with Crippen LogP contribution in [-0.4, -0.2) is 28.8 Å². The van der Waals surface area contributed by atoms with Gasteiger partial charge in [0.05, 0.1) is 9.79 Å². The van der Waals surface area contributed by atoms with Crippen LogP contribution in [0, 0.1) is 0 Å². The molecule has 0 saturated carbocycles. The van der Waals surface area contributed by atoms with E-state index < -0.39 is 9.84 Å². The predicted octanol–water partition coefficient (Wildman–Crippen LogP) is 4.68.